The SMILES string of the molecule is CN(CC(=O)NC(C)(C)C)C(=O)COC(=O)c1ccc2ncsc2c1. The van der Waals surface area contributed by atoms with E-state index in [-0.39, 0.29) is 18.0 Å². The maximum atomic E-state index is 12.1. The third kappa shape index (κ3) is 5.53. The van der Waals surface area contributed by atoms with Crippen molar-refractivity contribution in [1.29, 1.82) is 0 Å². The van der Waals surface area contributed by atoms with Gasteiger partial charge in [0.15, 0.2) is 6.61 Å². The molecule has 1 aromatic carbocycles. The predicted molar refractivity (Wildman–Crippen MR) is 95.4 cm³/mol. The highest BCUT2D eigenvalue weighted by Crippen LogP contribution is 2.19. The predicted octanol–water partition coefficient (Wildman–Crippen LogP) is 1.83. The number of carbonyl (C=O) groups excluding carboxylic acids is 3. The molecule has 0 aliphatic rings. The molecule has 0 radical (unpaired) electrons. The van der Waals surface area contributed by atoms with Gasteiger partial charge in [0.1, 0.15) is 0 Å². The molecule has 2 aromatic rings. The minimum atomic E-state index is -0.587. The molecule has 7 nitrogen and oxygen atoms in total. The zero-order valence-corrected chi connectivity index (χ0v) is 15.5. The van der Waals surface area contributed by atoms with Gasteiger partial charge in [-0.25, -0.2) is 9.78 Å². The highest BCUT2D eigenvalue weighted by atomic mass is 32.1. The molecule has 2 amide bonds. The summed E-state index contributed by atoms with van der Waals surface area (Å²) in [5.74, 6) is -1.31. The zero-order chi connectivity index (χ0) is 18.6. The highest BCUT2D eigenvalue weighted by Gasteiger charge is 2.19. The van der Waals surface area contributed by atoms with E-state index in [9.17, 15) is 14.4 Å². The molecule has 0 unspecified atom stereocenters. The second kappa shape index (κ2) is 7.60. The van der Waals surface area contributed by atoms with Crippen LogP contribution < -0.4 is 5.32 Å². The van der Waals surface area contributed by atoms with Crippen molar-refractivity contribution in [3.63, 3.8) is 0 Å². The maximum Gasteiger partial charge on any atom is 0.338 e. The van der Waals surface area contributed by atoms with Crippen LogP contribution in [-0.4, -0.2) is 53.4 Å². The van der Waals surface area contributed by atoms with E-state index in [0.717, 1.165) is 10.2 Å². The molecule has 134 valence electrons. The molecule has 1 N–H and O–H groups in total. The monoisotopic (exact) mass is 363 g/mol. The number of nitrogens with one attached hydrogen (secondary N) is 1. The molecule has 0 fully saturated rings. The Morgan fingerprint density at radius 3 is 2.68 bits per heavy atom. The third-order valence-electron chi connectivity index (χ3n) is 3.21. The van der Waals surface area contributed by atoms with Crippen molar-refractivity contribution in [3.05, 3.63) is 29.3 Å². The minimum Gasteiger partial charge on any atom is -0.452 e. The molecule has 0 bridgehead atoms. The lowest BCUT2D eigenvalue weighted by Crippen LogP contribution is -2.46. The van der Waals surface area contributed by atoms with Crippen LogP contribution >= 0.6 is 11.3 Å². The van der Waals surface area contributed by atoms with E-state index in [0.29, 0.717) is 5.56 Å². The summed E-state index contributed by atoms with van der Waals surface area (Å²) in [6.45, 7) is 5.05. The van der Waals surface area contributed by atoms with Crippen LogP contribution in [0.5, 0.6) is 0 Å². The fourth-order valence-electron chi connectivity index (χ4n) is 2.06. The summed E-state index contributed by atoms with van der Waals surface area (Å²) in [6.07, 6.45) is 0. The van der Waals surface area contributed by atoms with Crippen molar-refractivity contribution in [2.75, 3.05) is 20.2 Å². The second-order valence-corrected chi connectivity index (χ2v) is 7.55. The topological polar surface area (TPSA) is 88.6 Å². The van der Waals surface area contributed by atoms with Gasteiger partial charge in [0.25, 0.3) is 5.91 Å². The third-order valence-corrected chi connectivity index (χ3v) is 4.01. The molecular formula is C17H21N3O4S. The largest absolute Gasteiger partial charge is 0.452 e. The van der Waals surface area contributed by atoms with Crippen molar-refractivity contribution in [1.82, 2.24) is 15.2 Å². The van der Waals surface area contributed by atoms with Crippen molar-refractivity contribution in [2.45, 2.75) is 26.3 Å². The summed E-state index contributed by atoms with van der Waals surface area (Å²) in [7, 11) is 1.49. The molecule has 25 heavy (non-hydrogen) atoms. The molecule has 8 heteroatoms. The summed E-state index contributed by atoms with van der Waals surface area (Å²) < 4.78 is 5.91. The molecule has 0 saturated heterocycles. The van der Waals surface area contributed by atoms with Gasteiger partial charge in [-0.1, -0.05) is 0 Å². The molecule has 0 aliphatic carbocycles. The zero-order valence-electron chi connectivity index (χ0n) is 14.7. The smallest absolute Gasteiger partial charge is 0.338 e. The van der Waals surface area contributed by atoms with Crippen LogP contribution in [0.25, 0.3) is 10.2 Å². The normalized spacial score (nSPS) is 11.2. The van der Waals surface area contributed by atoms with E-state index < -0.39 is 18.5 Å². The first-order chi connectivity index (χ1) is 11.7. The van der Waals surface area contributed by atoms with Gasteiger partial charge in [-0.2, -0.15) is 0 Å². The van der Waals surface area contributed by atoms with Crippen LogP contribution in [0.3, 0.4) is 0 Å². The summed E-state index contributed by atoms with van der Waals surface area (Å²) in [6, 6.07) is 5.02. The number of aromatic nitrogens is 1. The maximum absolute atomic E-state index is 12.1. The number of rotatable bonds is 5. The number of carbonyl (C=O) groups is 3. The van der Waals surface area contributed by atoms with Gasteiger partial charge in [-0.05, 0) is 39.0 Å². The Bertz CT molecular complexity index is 795. The van der Waals surface area contributed by atoms with Crippen LogP contribution in [0.15, 0.2) is 23.7 Å². The van der Waals surface area contributed by atoms with Crippen LogP contribution in [0, 0.1) is 0 Å². The van der Waals surface area contributed by atoms with E-state index in [4.69, 9.17) is 4.74 Å². The Hall–Kier alpha value is -2.48. The molecule has 0 spiro atoms. The quantitative estimate of drug-likeness (QED) is 0.819. The Balaban J connectivity index is 1.85. The second-order valence-electron chi connectivity index (χ2n) is 6.66. The molecular weight excluding hydrogens is 342 g/mol. The van der Waals surface area contributed by atoms with Gasteiger partial charge in [0.2, 0.25) is 5.91 Å². The van der Waals surface area contributed by atoms with Gasteiger partial charge in [0.05, 0.1) is 27.8 Å². The molecule has 0 atom stereocenters. The highest BCUT2D eigenvalue weighted by molar-refractivity contribution is 7.16. The summed E-state index contributed by atoms with van der Waals surface area (Å²) in [5, 5.41) is 2.76. The van der Waals surface area contributed by atoms with Gasteiger partial charge >= 0.3 is 5.97 Å². The molecule has 1 heterocycles. The van der Waals surface area contributed by atoms with E-state index in [1.807, 2.05) is 20.8 Å². The van der Waals surface area contributed by atoms with Crippen LogP contribution in [0.2, 0.25) is 0 Å². The summed E-state index contributed by atoms with van der Waals surface area (Å²) in [4.78, 5) is 41.2. The molecule has 2 rings (SSSR count). The first-order valence-corrected chi connectivity index (χ1v) is 8.59. The lowest BCUT2D eigenvalue weighted by molar-refractivity contribution is -0.137. The number of hydrogen-bond acceptors (Lipinski definition) is 6. The number of nitrogens with zero attached hydrogens (tertiary/aromatic N) is 2. The van der Waals surface area contributed by atoms with Crippen LogP contribution in [0.1, 0.15) is 31.1 Å². The van der Waals surface area contributed by atoms with Gasteiger partial charge in [-0.15, -0.1) is 11.3 Å². The Morgan fingerprint density at radius 2 is 2.00 bits per heavy atom. The van der Waals surface area contributed by atoms with Crippen molar-refractivity contribution in [3.8, 4) is 0 Å². The van der Waals surface area contributed by atoms with Gasteiger partial charge < -0.3 is 15.0 Å². The molecule has 0 aliphatic heterocycles. The lowest BCUT2D eigenvalue weighted by Gasteiger charge is -2.23. The van der Waals surface area contributed by atoms with E-state index in [1.165, 1.54) is 23.3 Å². The van der Waals surface area contributed by atoms with E-state index in [1.54, 1.807) is 23.7 Å². The first kappa shape index (κ1) is 18.9. The number of likely N-dealkylation sites (N-methyl/N-ethyl adjacent to an activating group) is 1. The fourth-order valence-corrected chi connectivity index (χ4v) is 2.78. The fraction of sp³-hybridized carbons (Fsp3) is 0.412. The number of fused-ring (bicyclic) bond motifs is 1. The van der Waals surface area contributed by atoms with Gasteiger partial charge in [0, 0.05) is 12.6 Å². The molecule has 1 aromatic heterocycles. The van der Waals surface area contributed by atoms with Crippen molar-refractivity contribution in [2.24, 2.45) is 0 Å². The number of benzene rings is 1. The Morgan fingerprint density at radius 1 is 1.28 bits per heavy atom. The average molecular weight is 363 g/mol. The Kier molecular flexibility index (Phi) is 5.73. The number of esters is 1. The summed E-state index contributed by atoms with van der Waals surface area (Å²) in [5.41, 5.74) is 2.49. The minimum absolute atomic E-state index is 0.0967. The lowest BCUT2D eigenvalue weighted by atomic mass is 10.1. The molecule has 0 saturated carbocycles. The van der Waals surface area contributed by atoms with Crippen molar-refractivity contribution < 1.29 is 19.1 Å². The first-order valence-electron chi connectivity index (χ1n) is 7.71. The standard InChI is InChI=1S/C17H21N3O4S/c1-17(2,3)19-14(21)8-20(4)15(22)9-24-16(23)11-5-6-12-13(7-11)25-10-18-12/h5-7,10H,8-9H2,1-4H3,(H,19,21). The van der Waals surface area contributed by atoms with E-state index in [2.05, 4.69) is 10.3 Å². The number of hydrogen-bond donors (Lipinski definition) is 1. The number of ether oxygens (including phenoxy) is 1. The van der Waals surface area contributed by atoms with Crippen LogP contribution in [0.4, 0.5) is 0 Å². The summed E-state index contributed by atoms with van der Waals surface area (Å²) >= 11 is 1.42. The van der Waals surface area contributed by atoms with Gasteiger partial charge in [-0.3, -0.25) is 9.59 Å². The average Bonchev–Trinajstić information content (AvgIpc) is 2.97. The van der Waals surface area contributed by atoms with Crippen LogP contribution in [-0.2, 0) is 14.3 Å². The number of amides is 2. The van der Waals surface area contributed by atoms with Crippen molar-refractivity contribution >= 4 is 39.3 Å². The van der Waals surface area contributed by atoms with E-state index >= 15 is 0 Å². The Labute approximate surface area is 150 Å². The number of thiazole rings is 1.